The predicted octanol–water partition coefficient (Wildman–Crippen LogP) is 3.30. The van der Waals surface area contributed by atoms with Crippen LogP contribution in [-0.4, -0.2) is 38.4 Å². The highest BCUT2D eigenvalue weighted by atomic mass is 16.5. The van der Waals surface area contributed by atoms with Gasteiger partial charge >= 0.3 is 5.97 Å². The number of hydrogen-bond acceptors (Lipinski definition) is 6. The topological polar surface area (TPSA) is 77.4 Å². The molecule has 0 spiro atoms. The Morgan fingerprint density at radius 3 is 2.53 bits per heavy atom. The number of rotatable bonds is 6. The zero-order valence-electron chi connectivity index (χ0n) is 16.8. The minimum atomic E-state index is -0.446. The maximum absolute atomic E-state index is 12.9. The third-order valence-corrected chi connectivity index (χ3v) is 4.41. The first-order valence-corrected chi connectivity index (χ1v) is 9.03. The van der Waals surface area contributed by atoms with Crippen molar-refractivity contribution in [2.24, 2.45) is 5.10 Å². The molecular formula is C23H20N2O5. The predicted molar refractivity (Wildman–Crippen MR) is 114 cm³/mol. The number of benzene rings is 2. The average molecular weight is 404 g/mol. The summed E-state index contributed by atoms with van der Waals surface area (Å²) in [6.45, 7) is 1.89. The van der Waals surface area contributed by atoms with Crippen LogP contribution in [0.4, 0.5) is 5.69 Å². The van der Waals surface area contributed by atoms with Crippen molar-refractivity contribution in [2.45, 2.75) is 6.92 Å². The van der Waals surface area contributed by atoms with Gasteiger partial charge in [-0.15, -0.1) is 6.42 Å². The number of carbonyl (C=O) groups is 2. The summed E-state index contributed by atoms with van der Waals surface area (Å²) in [6, 6.07) is 11.7. The van der Waals surface area contributed by atoms with Crippen LogP contribution in [0.2, 0.25) is 0 Å². The van der Waals surface area contributed by atoms with Crippen molar-refractivity contribution in [3.8, 4) is 23.8 Å². The zero-order chi connectivity index (χ0) is 21.7. The van der Waals surface area contributed by atoms with Crippen molar-refractivity contribution < 1.29 is 23.8 Å². The number of hydrogen-bond donors (Lipinski definition) is 0. The van der Waals surface area contributed by atoms with E-state index < -0.39 is 5.97 Å². The van der Waals surface area contributed by atoms with Crippen LogP contribution >= 0.6 is 0 Å². The summed E-state index contributed by atoms with van der Waals surface area (Å²) < 4.78 is 15.5. The third kappa shape index (κ3) is 4.18. The maximum atomic E-state index is 12.9. The SMILES string of the molecule is C#CCOc1ccc(C=C2C(=O)N(c3ccc(C(=O)OC)cc3)N=C2C)cc1OC. The fourth-order valence-electron chi connectivity index (χ4n) is 2.90. The zero-order valence-corrected chi connectivity index (χ0v) is 16.8. The number of terminal acetylenes is 1. The fraction of sp³-hybridized carbons (Fsp3) is 0.174. The Balaban J connectivity index is 1.86. The molecule has 0 aromatic heterocycles. The lowest BCUT2D eigenvalue weighted by molar-refractivity contribution is -0.114. The largest absolute Gasteiger partial charge is 0.493 e. The Morgan fingerprint density at radius 2 is 1.90 bits per heavy atom. The van der Waals surface area contributed by atoms with E-state index in [-0.39, 0.29) is 12.5 Å². The van der Waals surface area contributed by atoms with Crippen LogP contribution in [0.1, 0.15) is 22.8 Å². The van der Waals surface area contributed by atoms with E-state index in [0.29, 0.717) is 34.0 Å². The molecule has 0 atom stereocenters. The quantitative estimate of drug-likeness (QED) is 0.419. The minimum absolute atomic E-state index is 0.130. The standard InChI is InChI=1S/C23H20N2O5/c1-5-12-30-20-11-6-16(14-21(20)28-3)13-19-15(2)24-25(22(19)26)18-9-7-17(8-10-18)23(27)29-4/h1,6-11,13-14H,12H2,2-4H3. The van der Waals surface area contributed by atoms with Crippen molar-refractivity contribution in [2.75, 3.05) is 25.8 Å². The smallest absolute Gasteiger partial charge is 0.337 e. The van der Waals surface area contributed by atoms with E-state index >= 15 is 0 Å². The summed E-state index contributed by atoms with van der Waals surface area (Å²) in [5.41, 5.74) is 2.71. The van der Waals surface area contributed by atoms with Crippen molar-refractivity contribution in [1.29, 1.82) is 0 Å². The van der Waals surface area contributed by atoms with Gasteiger partial charge in [-0.05, 0) is 55.0 Å². The van der Waals surface area contributed by atoms with Crippen LogP contribution in [0.25, 0.3) is 6.08 Å². The molecule has 7 heteroatoms. The average Bonchev–Trinajstić information content (AvgIpc) is 3.05. The van der Waals surface area contributed by atoms with Crippen LogP contribution in [0.15, 0.2) is 53.1 Å². The van der Waals surface area contributed by atoms with Gasteiger partial charge in [0.25, 0.3) is 5.91 Å². The van der Waals surface area contributed by atoms with Crippen molar-refractivity contribution in [3.63, 3.8) is 0 Å². The van der Waals surface area contributed by atoms with Gasteiger partial charge in [0.2, 0.25) is 0 Å². The second-order valence-corrected chi connectivity index (χ2v) is 6.30. The molecule has 0 saturated heterocycles. The molecule has 0 fully saturated rings. The lowest BCUT2D eigenvalue weighted by atomic mass is 10.1. The first-order chi connectivity index (χ1) is 14.5. The Kier molecular flexibility index (Phi) is 6.18. The van der Waals surface area contributed by atoms with E-state index in [1.165, 1.54) is 19.2 Å². The first kappa shape index (κ1) is 20.7. The number of ether oxygens (including phenoxy) is 3. The molecule has 3 rings (SSSR count). The number of amides is 1. The molecule has 2 aromatic rings. The summed E-state index contributed by atoms with van der Waals surface area (Å²) in [5, 5.41) is 5.65. The fourth-order valence-corrected chi connectivity index (χ4v) is 2.90. The Morgan fingerprint density at radius 1 is 1.17 bits per heavy atom. The van der Waals surface area contributed by atoms with Gasteiger partial charge in [-0.2, -0.15) is 10.1 Å². The van der Waals surface area contributed by atoms with Gasteiger partial charge < -0.3 is 14.2 Å². The molecule has 30 heavy (non-hydrogen) atoms. The molecule has 1 amide bonds. The van der Waals surface area contributed by atoms with E-state index in [2.05, 4.69) is 15.8 Å². The van der Waals surface area contributed by atoms with Gasteiger partial charge in [-0.3, -0.25) is 4.79 Å². The van der Waals surface area contributed by atoms with Crippen LogP contribution in [0, 0.1) is 12.3 Å². The highest BCUT2D eigenvalue weighted by molar-refractivity contribution is 6.32. The lowest BCUT2D eigenvalue weighted by Gasteiger charge is -2.12. The van der Waals surface area contributed by atoms with Crippen molar-refractivity contribution in [1.82, 2.24) is 0 Å². The lowest BCUT2D eigenvalue weighted by Crippen LogP contribution is -2.21. The maximum Gasteiger partial charge on any atom is 0.337 e. The van der Waals surface area contributed by atoms with Crippen LogP contribution in [0.5, 0.6) is 11.5 Å². The number of methoxy groups -OCH3 is 2. The molecule has 0 N–H and O–H groups in total. The van der Waals surface area contributed by atoms with Crippen molar-refractivity contribution >= 4 is 29.4 Å². The van der Waals surface area contributed by atoms with Crippen LogP contribution in [0.3, 0.4) is 0 Å². The summed E-state index contributed by atoms with van der Waals surface area (Å²) in [4.78, 5) is 24.5. The molecular weight excluding hydrogens is 384 g/mol. The molecule has 152 valence electrons. The number of hydrazone groups is 1. The van der Waals surface area contributed by atoms with Crippen molar-refractivity contribution in [3.05, 3.63) is 59.2 Å². The molecule has 1 heterocycles. The highest BCUT2D eigenvalue weighted by Gasteiger charge is 2.29. The molecule has 0 radical (unpaired) electrons. The summed E-state index contributed by atoms with van der Waals surface area (Å²) in [6.07, 6.45) is 6.96. The first-order valence-electron chi connectivity index (χ1n) is 9.03. The van der Waals surface area contributed by atoms with Crippen LogP contribution < -0.4 is 14.5 Å². The summed E-state index contributed by atoms with van der Waals surface area (Å²) in [7, 11) is 2.84. The molecule has 0 saturated carbocycles. The normalized spacial score (nSPS) is 14.3. The number of esters is 1. The molecule has 7 nitrogen and oxygen atoms in total. The third-order valence-electron chi connectivity index (χ3n) is 4.41. The van der Waals surface area contributed by atoms with E-state index in [0.717, 1.165) is 5.56 Å². The summed E-state index contributed by atoms with van der Waals surface area (Å²) in [5.74, 6) is 2.72. The van der Waals surface area contributed by atoms with Gasteiger partial charge in [0.05, 0.1) is 36.8 Å². The molecule has 1 aliphatic heterocycles. The minimum Gasteiger partial charge on any atom is -0.493 e. The molecule has 0 bridgehead atoms. The second-order valence-electron chi connectivity index (χ2n) is 6.30. The highest BCUT2D eigenvalue weighted by Crippen LogP contribution is 2.30. The van der Waals surface area contributed by atoms with E-state index in [1.54, 1.807) is 55.5 Å². The monoisotopic (exact) mass is 404 g/mol. The number of anilines is 1. The number of nitrogens with zero attached hydrogens (tertiary/aromatic N) is 2. The molecule has 0 unspecified atom stereocenters. The van der Waals surface area contributed by atoms with E-state index in [1.807, 2.05) is 0 Å². The Bertz CT molecular complexity index is 1080. The van der Waals surface area contributed by atoms with Gasteiger partial charge in [-0.1, -0.05) is 12.0 Å². The van der Waals surface area contributed by atoms with Gasteiger partial charge in [0, 0.05) is 0 Å². The van der Waals surface area contributed by atoms with Gasteiger partial charge in [-0.25, -0.2) is 4.79 Å². The summed E-state index contributed by atoms with van der Waals surface area (Å²) >= 11 is 0. The molecule has 2 aromatic carbocycles. The molecule has 0 aliphatic carbocycles. The van der Waals surface area contributed by atoms with Gasteiger partial charge in [0.1, 0.15) is 6.61 Å². The van der Waals surface area contributed by atoms with E-state index in [9.17, 15) is 9.59 Å². The molecule has 1 aliphatic rings. The Labute approximate surface area is 174 Å². The second kappa shape index (κ2) is 8.97. The van der Waals surface area contributed by atoms with E-state index in [4.69, 9.17) is 15.9 Å². The van der Waals surface area contributed by atoms with Gasteiger partial charge in [0.15, 0.2) is 11.5 Å². The Hall–Kier alpha value is -4.05. The van der Waals surface area contributed by atoms with Crippen LogP contribution in [-0.2, 0) is 9.53 Å². The number of carbonyl (C=O) groups excluding carboxylic acids is 2.